The summed E-state index contributed by atoms with van der Waals surface area (Å²) in [5.74, 6) is 1.72. The summed E-state index contributed by atoms with van der Waals surface area (Å²) in [7, 11) is 0. The van der Waals surface area contributed by atoms with Crippen LogP contribution in [-0.2, 0) is 0 Å². The molecule has 1 fully saturated rings. The van der Waals surface area contributed by atoms with Crippen LogP contribution in [0, 0.1) is 5.92 Å². The minimum absolute atomic E-state index is 0. The number of likely N-dealkylation sites (tertiary alicyclic amines) is 1. The Balaban J connectivity index is 0.00000192. The van der Waals surface area contributed by atoms with E-state index in [-0.39, 0.29) is 12.4 Å². The average molecular weight is 331 g/mol. The monoisotopic (exact) mass is 330 g/mol. The summed E-state index contributed by atoms with van der Waals surface area (Å²) in [6.07, 6.45) is 0. The Kier molecular flexibility index (Phi) is 6.64. The maximum atomic E-state index is 6.04. The lowest BCUT2D eigenvalue weighted by molar-refractivity contribution is 0.308. The topological polar surface area (TPSA) is 29.3 Å². The van der Waals surface area contributed by atoms with Crippen molar-refractivity contribution in [3.05, 3.63) is 71.8 Å². The van der Waals surface area contributed by atoms with E-state index < -0.39 is 0 Å². The van der Waals surface area contributed by atoms with Crippen molar-refractivity contribution in [2.24, 2.45) is 11.7 Å². The Labute approximate surface area is 146 Å². The van der Waals surface area contributed by atoms with Gasteiger partial charge in [-0.1, -0.05) is 67.6 Å². The highest BCUT2D eigenvalue weighted by molar-refractivity contribution is 5.85. The van der Waals surface area contributed by atoms with Crippen LogP contribution in [0.3, 0.4) is 0 Å². The predicted octanol–water partition coefficient (Wildman–Crippen LogP) is 3.89. The van der Waals surface area contributed by atoms with Crippen LogP contribution in [0.15, 0.2) is 60.7 Å². The van der Waals surface area contributed by atoms with Crippen LogP contribution < -0.4 is 5.73 Å². The first-order valence-electron chi connectivity index (χ1n) is 8.30. The quantitative estimate of drug-likeness (QED) is 0.901. The van der Waals surface area contributed by atoms with Crippen molar-refractivity contribution in [1.82, 2.24) is 4.90 Å². The van der Waals surface area contributed by atoms with E-state index >= 15 is 0 Å². The summed E-state index contributed by atoms with van der Waals surface area (Å²) in [6, 6.07) is 21.7. The number of hydrogen-bond acceptors (Lipinski definition) is 2. The largest absolute Gasteiger partial charge is 0.330 e. The second-order valence-corrected chi connectivity index (χ2v) is 6.54. The fourth-order valence-electron chi connectivity index (χ4n) is 3.70. The third-order valence-electron chi connectivity index (χ3n) is 4.95. The van der Waals surface area contributed by atoms with Crippen molar-refractivity contribution >= 4 is 12.4 Å². The molecule has 1 aliphatic rings. The van der Waals surface area contributed by atoms with Crippen LogP contribution in [0.25, 0.3) is 0 Å². The first kappa shape index (κ1) is 18.0. The van der Waals surface area contributed by atoms with Crippen LogP contribution in [0.4, 0.5) is 0 Å². The van der Waals surface area contributed by atoms with Crippen molar-refractivity contribution in [3.63, 3.8) is 0 Å². The molecule has 23 heavy (non-hydrogen) atoms. The van der Waals surface area contributed by atoms with E-state index in [0.717, 1.165) is 26.2 Å². The Morgan fingerprint density at radius 2 is 1.61 bits per heavy atom. The molecule has 1 unspecified atom stereocenters. The molecule has 1 aliphatic heterocycles. The SMILES string of the molecule is CC(CN1C[C@@H](CN)[C@H](c2ccccc2)C1)c1ccccc1.Cl. The number of rotatable bonds is 5. The highest BCUT2D eigenvalue weighted by Gasteiger charge is 2.33. The zero-order valence-corrected chi connectivity index (χ0v) is 14.6. The highest BCUT2D eigenvalue weighted by atomic mass is 35.5. The van der Waals surface area contributed by atoms with Crippen LogP contribution in [-0.4, -0.2) is 31.1 Å². The molecule has 3 heteroatoms. The number of halogens is 1. The predicted molar refractivity (Wildman–Crippen MR) is 100 cm³/mol. The maximum Gasteiger partial charge on any atom is 0.00543 e. The van der Waals surface area contributed by atoms with Gasteiger partial charge in [0.1, 0.15) is 0 Å². The average Bonchev–Trinajstić information content (AvgIpc) is 2.99. The Bertz CT molecular complexity index is 573. The van der Waals surface area contributed by atoms with E-state index in [2.05, 4.69) is 72.5 Å². The summed E-state index contributed by atoms with van der Waals surface area (Å²) in [6.45, 7) is 6.46. The number of nitrogens with two attached hydrogens (primary N) is 1. The molecule has 2 N–H and O–H groups in total. The van der Waals surface area contributed by atoms with Gasteiger partial charge in [-0.05, 0) is 29.5 Å². The molecule has 3 atom stereocenters. The molecular formula is C20H27ClN2. The number of benzene rings is 2. The molecular weight excluding hydrogens is 304 g/mol. The molecule has 2 nitrogen and oxygen atoms in total. The van der Waals surface area contributed by atoms with Gasteiger partial charge in [0.15, 0.2) is 0 Å². The third kappa shape index (κ3) is 4.35. The minimum atomic E-state index is 0. The number of hydrogen-bond donors (Lipinski definition) is 1. The molecule has 0 amide bonds. The van der Waals surface area contributed by atoms with Crippen LogP contribution >= 0.6 is 12.4 Å². The standard InChI is InChI=1S/C20H26N2.ClH/c1-16(17-8-4-2-5-9-17)13-22-14-19(12-21)20(15-22)18-10-6-3-7-11-18;/h2-11,16,19-20H,12-15,21H2,1H3;1H/t16?,19-,20+;/m1./s1. The molecule has 1 heterocycles. The van der Waals surface area contributed by atoms with Gasteiger partial charge in [0.05, 0.1) is 0 Å². The van der Waals surface area contributed by atoms with Crippen molar-refractivity contribution in [2.45, 2.75) is 18.8 Å². The van der Waals surface area contributed by atoms with Gasteiger partial charge in [0.25, 0.3) is 0 Å². The molecule has 0 radical (unpaired) electrons. The van der Waals surface area contributed by atoms with Gasteiger partial charge in [-0.2, -0.15) is 0 Å². The van der Waals surface area contributed by atoms with Crippen LogP contribution in [0.5, 0.6) is 0 Å². The summed E-state index contributed by atoms with van der Waals surface area (Å²) in [5.41, 5.74) is 8.90. The summed E-state index contributed by atoms with van der Waals surface area (Å²) in [5, 5.41) is 0. The zero-order chi connectivity index (χ0) is 15.4. The third-order valence-corrected chi connectivity index (χ3v) is 4.95. The van der Waals surface area contributed by atoms with Crippen molar-refractivity contribution in [2.75, 3.05) is 26.2 Å². The van der Waals surface area contributed by atoms with E-state index in [1.807, 2.05) is 0 Å². The normalized spacial score (nSPS) is 22.5. The smallest absolute Gasteiger partial charge is 0.00543 e. The Hall–Kier alpha value is -1.35. The summed E-state index contributed by atoms with van der Waals surface area (Å²) >= 11 is 0. The van der Waals surface area contributed by atoms with Crippen molar-refractivity contribution in [3.8, 4) is 0 Å². The fraction of sp³-hybridized carbons (Fsp3) is 0.400. The molecule has 2 aromatic rings. The van der Waals surface area contributed by atoms with Gasteiger partial charge in [0, 0.05) is 25.6 Å². The van der Waals surface area contributed by atoms with E-state index in [9.17, 15) is 0 Å². The van der Waals surface area contributed by atoms with E-state index in [1.165, 1.54) is 11.1 Å². The lowest BCUT2D eigenvalue weighted by Gasteiger charge is -2.21. The molecule has 0 saturated carbocycles. The van der Waals surface area contributed by atoms with Crippen LogP contribution in [0.1, 0.15) is 29.9 Å². The van der Waals surface area contributed by atoms with Crippen molar-refractivity contribution in [1.29, 1.82) is 0 Å². The molecule has 3 rings (SSSR count). The minimum Gasteiger partial charge on any atom is -0.330 e. The lowest BCUT2D eigenvalue weighted by Crippen LogP contribution is -2.27. The Morgan fingerprint density at radius 1 is 1.00 bits per heavy atom. The molecule has 124 valence electrons. The molecule has 0 aromatic heterocycles. The summed E-state index contributed by atoms with van der Waals surface area (Å²) < 4.78 is 0. The second kappa shape index (κ2) is 8.49. The zero-order valence-electron chi connectivity index (χ0n) is 13.8. The fourth-order valence-corrected chi connectivity index (χ4v) is 3.70. The van der Waals surface area contributed by atoms with E-state index in [4.69, 9.17) is 5.73 Å². The van der Waals surface area contributed by atoms with Gasteiger partial charge >= 0.3 is 0 Å². The maximum absolute atomic E-state index is 6.04. The molecule has 0 aliphatic carbocycles. The van der Waals surface area contributed by atoms with Gasteiger partial charge in [-0.15, -0.1) is 12.4 Å². The van der Waals surface area contributed by atoms with Gasteiger partial charge in [0.2, 0.25) is 0 Å². The van der Waals surface area contributed by atoms with Gasteiger partial charge in [-0.3, -0.25) is 0 Å². The highest BCUT2D eigenvalue weighted by Crippen LogP contribution is 2.33. The van der Waals surface area contributed by atoms with Gasteiger partial charge < -0.3 is 10.6 Å². The van der Waals surface area contributed by atoms with E-state index in [0.29, 0.717) is 17.8 Å². The van der Waals surface area contributed by atoms with Crippen molar-refractivity contribution < 1.29 is 0 Å². The second-order valence-electron chi connectivity index (χ2n) is 6.54. The van der Waals surface area contributed by atoms with E-state index in [1.54, 1.807) is 0 Å². The Morgan fingerprint density at radius 3 is 2.22 bits per heavy atom. The molecule has 0 bridgehead atoms. The first-order valence-corrected chi connectivity index (χ1v) is 8.30. The first-order chi connectivity index (χ1) is 10.8. The number of nitrogens with zero attached hydrogens (tertiary/aromatic N) is 1. The lowest BCUT2D eigenvalue weighted by atomic mass is 9.89. The molecule has 1 saturated heterocycles. The molecule has 2 aromatic carbocycles. The molecule has 0 spiro atoms. The van der Waals surface area contributed by atoms with Gasteiger partial charge in [-0.25, -0.2) is 0 Å². The summed E-state index contributed by atoms with van der Waals surface area (Å²) in [4.78, 5) is 2.59. The van der Waals surface area contributed by atoms with Crippen LogP contribution in [0.2, 0.25) is 0 Å².